The van der Waals surface area contributed by atoms with E-state index in [0.29, 0.717) is 16.6 Å². The third kappa shape index (κ3) is 8.11. The maximum atomic E-state index is 11.9. The number of hydrogen-bond donors (Lipinski definition) is 2. The summed E-state index contributed by atoms with van der Waals surface area (Å²) in [5.41, 5.74) is 1.58. The molecule has 0 aliphatic carbocycles. The van der Waals surface area contributed by atoms with Crippen molar-refractivity contribution in [3.8, 4) is 10.6 Å². The molecule has 1 heterocycles. The number of nitrogens with one attached hydrogen (secondary N) is 2. The van der Waals surface area contributed by atoms with Gasteiger partial charge in [0.1, 0.15) is 5.01 Å². The molecular weight excluding hydrogens is 424 g/mol. The Kier molecular flexibility index (Phi) is 12.5. The molecule has 9 heteroatoms. The van der Waals surface area contributed by atoms with Crippen molar-refractivity contribution < 1.29 is 4.79 Å². The Bertz CT molecular complexity index is 667. The minimum absolute atomic E-state index is 0. The average Bonchev–Trinajstić information content (AvgIpc) is 2.95. The van der Waals surface area contributed by atoms with Crippen LogP contribution in [0.5, 0.6) is 0 Å². The highest BCUT2D eigenvalue weighted by Gasteiger charge is 2.11. The number of rotatable bonds is 8. The molecule has 2 rings (SSSR count). The minimum Gasteiger partial charge on any atom is -0.354 e. The van der Waals surface area contributed by atoms with Gasteiger partial charge in [-0.15, -0.1) is 36.2 Å². The predicted octanol–water partition coefficient (Wildman–Crippen LogP) is 4.62. The molecule has 0 radical (unpaired) electrons. The molecule has 1 amide bonds. The van der Waals surface area contributed by atoms with Gasteiger partial charge in [0, 0.05) is 29.1 Å². The number of amides is 1. The summed E-state index contributed by atoms with van der Waals surface area (Å²) in [5.74, 6) is -0.0256. The van der Waals surface area contributed by atoms with E-state index < -0.39 is 0 Å². The lowest BCUT2D eigenvalue weighted by atomic mass is 10.2. The van der Waals surface area contributed by atoms with Gasteiger partial charge in [0.2, 0.25) is 5.91 Å². The van der Waals surface area contributed by atoms with Crippen LogP contribution in [0.1, 0.15) is 19.0 Å². The third-order valence-electron chi connectivity index (χ3n) is 3.11. The van der Waals surface area contributed by atoms with Crippen molar-refractivity contribution in [1.29, 1.82) is 0 Å². The smallest absolute Gasteiger partial charge is 0.226 e. The zero-order chi connectivity index (χ0) is 16.7. The van der Waals surface area contributed by atoms with Crippen molar-refractivity contribution >= 4 is 65.3 Å². The Morgan fingerprint density at radius 3 is 2.64 bits per heavy atom. The van der Waals surface area contributed by atoms with Gasteiger partial charge in [-0.2, -0.15) is 0 Å². The molecule has 0 aliphatic rings. The van der Waals surface area contributed by atoms with E-state index in [0.717, 1.165) is 35.8 Å². The first-order valence-corrected chi connectivity index (χ1v) is 9.11. The summed E-state index contributed by atoms with van der Waals surface area (Å²) in [4.78, 5) is 16.4. The topological polar surface area (TPSA) is 54.0 Å². The van der Waals surface area contributed by atoms with Gasteiger partial charge >= 0.3 is 0 Å². The van der Waals surface area contributed by atoms with Crippen LogP contribution in [0.4, 0.5) is 0 Å². The maximum Gasteiger partial charge on any atom is 0.226 e. The van der Waals surface area contributed by atoms with Crippen LogP contribution in [-0.2, 0) is 11.2 Å². The van der Waals surface area contributed by atoms with Crippen LogP contribution in [0.15, 0.2) is 23.6 Å². The molecule has 0 aliphatic heterocycles. The zero-order valence-electron chi connectivity index (χ0n) is 13.7. The quantitative estimate of drug-likeness (QED) is 0.584. The van der Waals surface area contributed by atoms with Crippen molar-refractivity contribution in [2.45, 2.75) is 19.8 Å². The lowest BCUT2D eigenvalue weighted by Crippen LogP contribution is -2.33. The van der Waals surface area contributed by atoms with Gasteiger partial charge in [-0.05, 0) is 31.2 Å². The molecule has 0 bridgehead atoms. The summed E-state index contributed by atoms with van der Waals surface area (Å²) >= 11 is 13.6. The second kappa shape index (κ2) is 12.7. The number of nitrogens with zero attached hydrogens (tertiary/aromatic N) is 1. The molecule has 2 aromatic rings. The second-order valence-corrected chi connectivity index (χ2v) is 6.75. The number of carbonyl (C=O) groups is 1. The van der Waals surface area contributed by atoms with E-state index in [1.165, 1.54) is 11.3 Å². The van der Waals surface area contributed by atoms with Crippen molar-refractivity contribution in [2.24, 2.45) is 0 Å². The summed E-state index contributed by atoms with van der Waals surface area (Å²) in [6, 6.07) is 5.31. The first-order valence-electron chi connectivity index (χ1n) is 7.47. The SMILES string of the molecule is CCCNCCNC(=O)Cc1csc(-c2ccc(Cl)cc2Cl)n1.Cl.Cl. The fourth-order valence-electron chi connectivity index (χ4n) is 1.99. The van der Waals surface area contributed by atoms with Gasteiger partial charge in [-0.3, -0.25) is 4.79 Å². The molecule has 2 N–H and O–H groups in total. The fraction of sp³-hybridized carbons (Fsp3) is 0.375. The largest absolute Gasteiger partial charge is 0.354 e. The molecule has 140 valence electrons. The minimum atomic E-state index is -0.0256. The highest BCUT2D eigenvalue weighted by Crippen LogP contribution is 2.32. The number of thiazole rings is 1. The van der Waals surface area contributed by atoms with E-state index in [9.17, 15) is 4.79 Å². The van der Waals surface area contributed by atoms with Crippen LogP contribution in [-0.4, -0.2) is 30.5 Å². The van der Waals surface area contributed by atoms with Gasteiger partial charge in [-0.1, -0.05) is 30.1 Å². The maximum absolute atomic E-state index is 11.9. The third-order valence-corrected chi connectivity index (χ3v) is 4.58. The van der Waals surface area contributed by atoms with Gasteiger partial charge in [0.15, 0.2) is 0 Å². The first kappa shape index (κ1) is 24.4. The highest BCUT2D eigenvalue weighted by atomic mass is 35.5. The van der Waals surface area contributed by atoms with Gasteiger partial charge in [-0.25, -0.2) is 4.98 Å². The Morgan fingerprint density at radius 2 is 1.96 bits per heavy atom. The summed E-state index contributed by atoms with van der Waals surface area (Å²) < 4.78 is 0. The summed E-state index contributed by atoms with van der Waals surface area (Å²) in [6.45, 7) is 4.48. The van der Waals surface area contributed by atoms with Crippen LogP contribution in [0.3, 0.4) is 0 Å². The van der Waals surface area contributed by atoms with E-state index in [-0.39, 0.29) is 37.1 Å². The molecule has 0 atom stereocenters. The number of aromatic nitrogens is 1. The molecular formula is C16H21Cl4N3OS. The lowest BCUT2D eigenvalue weighted by Gasteiger charge is -2.05. The Labute approximate surface area is 174 Å². The van der Waals surface area contributed by atoms with Gasteiger partial charge in [0.05, 0.1) is 17.1 Å². The van der Waals surface area contributed by atoms with Crippen LogP contribution in [0.25, 0.3) is 10.6 Å². The van der Waals surface area contributed by atoms with Crippen LogP contribution >= 0.6 is 59.4 Å². The summed E-state index contributed by atoms with van der Waals surface area (Å²) in [6.07, 6.45) is 1.36. The molecule has 0 fully saturated rings. The van der Waals surface area contributed by atoms with Gasteiger partial charge in [0.25, 0.3) is 0 Å². The Morgan fingerprint density at radius 1 is 1.20 bits per heavy atom. The summed E-state index contributed by atoms with van der Waals surface area (Å²) in [5, 5.41) is 9.94. The highest BCUT2D eigenvalue weighted by molar-refractivity contribution is 7.13. The Hall–Kier alpha value is -0.560. The van der Waals surface area contributed by atoms with Crippen molar-refractivity contribution in [3.05, 3.63) is 39.3 Å². The summed E-state index contributed by atoms with van der Waals surface area (Å²) in [7, 11) is 0. The standard InChI is InChI=1S/C16H19Cl2N3OS.2ClH/c1-2-5-19-6-7-20-15(22)9-12-10-23-16(21-12)13-4-3-11(17)8-14(13)18;;/h3-4,8,10,19H,2,5-7,9H2,1H3,(H,20,22);2*1H. The van der Waals surface area contributed by atoms with E-state index >= 15 is 0 Å². The van der Waals surface area contributed by atoms with E-state index in [1.54, 1.807) is 12.1 Å². The molecule has 1 aromatic carbocycles. The zero-order valence-corrected chi connectivity index (χ0v) is 17.6. The molecule has 0 saturated heterocycles. The molecule has 0 unspecified atom stereocenters. The fourth-order valence-corrected chi connectivity index (χ4v) is 3.41. The second-order valence-electron chi connectivity index (χ2n) is 5.04. The number of benzene rings is 1. The molecule has 0 saturated carbocycles. The molecule has 4 nitrogen and oxygen atoms in total. The van der Waals surface area contributed by atoms with Crippen LogP contribution in [0.2, 0.25) is 10.0 Å². The molecule has 25 heavy (non-hydrogen) atoms. The van der Waals surface area contributed by atoms with Crippen molar-refractivity contribution in [3.63, 3.8) is 0 Å². The molecule has 0 spiro atoms. The number of halogens is 4. The lowest BCUT2D eigenvalue weighted by molar-refractivity contribution is -0.120. The number of hydrogen-bond acceptors (Lipinski definition) is 4. The van der Waals surface area contributed by atoms with E-state index in [4.69, 9.17) is 23.2 Å². The van der Waals surface area contributed by atoms with E-state index in [2.05, 4.69) is 22.5 Å². The first-order chi connectivity index (χ1) is 11.1. The predicted molar refractivity (Wildman–Crippen MR) is 112 cm³/mol. The monoisotopic (exact) mass is 443 g/mol. The molecule has 1 aromatic heterocycles. The van der Waals surface area contributed by atoms with E-state index in [1.807, 2.05) is 11.4 Å². The van der Waals surface area contributed by atoms with Crippen LogP contribution in [0, 0.1) is 0 Å². The van der Waals surface area contributed by atoms with Crippen molar-refractivity contribution in [2.75, 3.05) is 19.6 Å². The average molecular weight is 445 g/mol. The normalized spacial score (nSPS) is 9.88. The Balaban J connectivity index is 0.00000288. The van der Waals surface area contributed by atoms with Gasteiger partial charge < -0.3 is 10.6 Å². The van der Waals surface area contributed by atoms with Crippen molar-refractivity contribution in [1.82, 2.24) is 15.6 Å². The van der Waals surface area contributed by atoms with Crippen LogP contribution < -0.4 is 10.6 Å². The number of carbonyl (C=O) groups excluding carboxylic acids is 1.